The second-order valence-electron chi connectivity index (χ2n) is 6.84. The van der Waals surface area contributed by atoms with E-state index < -0.39 is 23.4 Å². The van der Waals surface area contributed by atoms with Gasteiger partial charge in [0.25, 0.3) is 0 Å². The Labute approximate surface area is 167 Å². The van der Waals surface area contributed by atoms with Crippen LogP contribution >= 0.6 is 0 Å². The summed E-state index contributed by atoms with van der Waals surface area (Å²) in [4.78, 5) is 26.2. The van der Waals surface area contributed by atoms with Crippen molar-refractivity contribution in [2.24, 2.45) is 0 Å². The van der Waals surface area contributed by atoms with Gasteiger partial charge in [0.1, 0.15) is 11.6 Å². The third-order valence-corrected chi connectivity index (χ3v) is 4.64. The summed E-state index contributed by atoms with van der Waals surface area (Å²) in [6.07, 6.45) is 0. The molecule has 3 aromatic carbocycles. The average Bonchev–Trinajstić information content (AvgIpc) is 2.70. The number of carbonyl (C=O) groups is 2. The maximum atomic E-state index is 13.7. The highest BCUT2D eigenvalue weighted by Gasteiger charge is 2.21. The standard InChI is InChI=1S/C22H21F2N3O2/c1-27(2)20(17-9-5-7-14-6-3-4-8-16(14)17)13-25-21(28)22(29)26-19-12-15(23)10-11-18(19)24/h3-12,20H,13H2,1-2H3,(H,25,28)(H,26,29). The number of nitrogens with one attached hydrogen (secondary N) is 2. The van der Waals surface area contributed by atoms with E-state index in [4.69, 9.17) is 0 Å². The smallest absolute Gasteiger partial charge is 0.313 e. The predicted octanol–water partition coefficient (Wildman–Crippen LogP) is 3.48. The quantitative estimate of drug-likeness (QED) is 0.648. The van der Waals surface area contributed by atoms with E-state index in [2.05, 4.69) is 10.6 Å². The highest BCUT2D eigenvalue weighted by atomic mass is 19.1. The zero-order valence-electron chi connectivity index (χ0n) is 16.1. The molecule has 150 valence electrons. The molecule has 0 bridgehead atoms. The SMILES string of the molecule is CN(C)C(CNC(=O)C(=O)Nc1cc(F)ccc1F)c1cccc2ccccc12. The number of benzene rings is 3. The van der Waals surface area contributed by atoms with Gasteiger partial charge in [-0.2, -0.15) is 0 Å². The van der Waals surface area contributed by atoms with Crippen LogP contribution in [0, 0.1) is 11.6 Å². The second-order valence-corrected chi connectivity index (χ2v) is 6.84. The molecule has 0 heterocycles. The maximum absolute atomic E-state index is 13.7. The normalized spacial score (nSPS) is 12.0. The van der Waals surface area contributed by atoms with Gasteiger partial charge in [-0.05, 0) is 42.6 Å². The molecule has 29 heavy (non-hydrogen) atoms. The molecule has 3 aromatic rings. The van der Waals surface area contributed by atoms with Crippen LogP contribution in [0.4, 0.5) is 14.5 Å². The average molecular weight is 397 g/mol. The molecule has 1 atom stereocenters. The first-order valence-electron chi connectivity index (χ1n) is 9.05. The van der Waals surface area contributed by atoms with Crippen LogP contribution in [0.3, 0.4) is 0 Å². The minimum absolute atomic E-state index is 0.166. The van der Waals surface area contributed by atoms with Gasteiger partial charge in [-0.3, -0.25) is 9.59 Å². The lowest BCUT2D eigenvalue weighted by Crippen LogP contribution is -2.40. The number of anilines is 1. The molecular formula is C22H21F2N3O2. The molecular weight excluding hydrogens is 376 g/mol. The molecule has 0 aliphatic rings. The highest BCUT2D eigenvalue weighted by Crippen LogP contribution is 2.26. The molecule has 0 aromatic heterocycles. The lowest BCUT2D eigenvalue weighted by Gasteiger charge is -2.26. The largest absolute Gasteiger partial charge is 0.346 e. The molecule has 0 radical (unpaired) electrons. The van der Waals surface area contributed by atoms with Crippen molar-refractivity contribution in [1.82, 2.24) is 10.2 Å². The highest BCUT2D eigenvalue weighted by molar-refractivity contribution is 6.39. The Kier molecular flexibility index (Phi) is 6.19. The molecule has 2 N–H and O–H groups in total. The van der Waals surface area contributed by atoms with Crippen molar-refractivity contribution in [3.05, 3.63) is 77.9 Å². The Morgan fingerprint density at radius 2 is 1.69 bits per heavy atom. The third-order valence-electron chi connectivity index (χ3n) is 4.64. The Morgan fingerprint density at radius 1 is 0.966 bits per heavy atom. The maximum Gasteiger partial charge on any atom is 0.313 e. The first-order chi connectivity index (χ1) is 13.9. The molecule has 0 saturated carbocycles. The zero-order chi connectivity index (χ0) is 21.0. The molecule has 3 rings (SSSR count). The summed E-state index contributed by atoms with van der Waals surface area (Å²) in [5.41, 5.74) is 0.619. The van der Waals surface area contributed by atoms with Crippen molar-refractivity contribution in [3.63, 3.8) is 0 Å². The van der Waals surface area contributed by atoms with Gasteiger partial charge in [-0.15, -0.1) is 0 Å². The predicted molar refractivity (Wildman–Crippen MR) is 108 cm³/mol. The summed E-state index contributed by atoms with van der Waals surface area (Å²) in [6.45, 7) is 0.166. The van der Waals surface area contributed by atoms with Crippen LogP contribution in [-0.2, 0) is 9.59 Å². The molecule has 0 fully saturated rings. The van der Waals surface area contributed by atoms with E-state index in [0.717, 1.165) is 34.5 Å². The van der Waals surface area contributed by atoms with Crippen molar-refractivity contribution >= 4 is 28.3 Å². The van der Waals surface area contributed by atoms with Gasteiger partial charge in [-0.25, -0.2) is 8.78 Å². The fourth-order valence-corrected chi connectivity index (χ4v) is 3.15. The topological polar surface area (TPSA) is 61.4 Å². The molecule has 7 heteroatoms. The van der Waals surface area contributed by atoms with Gasteiger partial charge in [0.15, 0.2) is 0 Å². The van der Waals surface area contributed by atoms with E-state index in [1.165, 1.54) is 0 Å². The number of hydrogen-bond donors (Lipinski definition) is 2. The van der Waals surface area contributed by atoms with E-state index in [-0.39, 0.29) is 18.3 Å². The Bertz CT molecular complexity index is 1050. The molecule has 0 saturated heterocycles. The van der Waals surface area contributed by atoms with Crippen molar-refractivity contribution in [2.75, 3.05) is 26.0 Å². The third kappa shape index (κ3) is 4.75. The number of fused-ring (bicyclic) bond motifs is 1. The van der Waals surface area contributed by atoms with E-state index >= 15 is 0 Å². The molecule has 0 aliphatic carbocycles. The summed E-state index contributed by atoms with van der Waals surface area (Å²) in [5.74, 6) is -3.54. The van der Waals surface area contributed by atoms with Crippen molar-refractivity contribution in [2.45, 2.75) is 6.04 Å². The molecule has 1 unspecified atom stereocenters. The Balaban J connectivity index is 1.72. The number of hydrogen-bond acceptors (Lipinski definition) is 3. The molecule has 2 amide bonds. The number of halogens is 2. The number of amides is 2. The van der Waals surface area contributed by atoms with Crippen LogP contribution in [0.1, 0.15) is 11.6 Å². The number of nitrogens with zero attached hydrogens (tertiary/aromatic N) is 1. The van der Waals surface area contributed by atoms with Crippen LogP contribution in [0.2, 0.25) is 0 Å². The Morgan fingerprint density at radius 3 is 2.45 bits per heavy atom. The first kappa shape index (κ1) is 20.4. The van der Waals surface area contributed by atoms with Crippen LogP contribution in [0.15, 0.2) is 60.7 Å². The lowest BCUT2D eigenvalue weighted by atomic mass is 9.98. The molecule has 0 aliphatic heterocycles. The van der Waals surface area contributed by atoms with Gasteiger partial charge in [-0.1, -0.05) is 42.5 Å². The van der Waals surface area contributed by atoms with Crippen molar-refractivity contribution < 1.29 is 18.4 Å². The van der Waals surface area contributed by atoms with Gasteiger partial charge in [0.05, 0.1) is 11.7 Å². The summed E-state index contributed by atoms with van der Waals surface area (Å²) < 4.78 is 26.9. The summed E-state index contributed by atoms with van der Waals surface area (Å²) >= 11 is 0. The first-order valence-corrected chi connectivity index (χ1v) is 9.05. The monoisotopic (exact) mass is 397 g/mol. The summed E-state index contributed by atoms with van der Waals surface area (Å²) in [7, 11) is 3.75. The number of likely N-dealkylation sites (N-methyl/N-ethyl adjacent to an activating group) is 1. The van der Waals surface area contributed by atoms with E-state index in [1.54, 1.807) is 0 Å². The van der Waals surface area contributed by atoms with Gasteiger partial charge < -0.3 is 15.5 Å². The van der Waals surface area contributed by atoms with Crippen LogP contribution < -0.4 is 10.6 Å². The van der Waals surface area contributed by atoms with Crippen molar-refractivity contribution in [1.29, 1.82) is 0 Å². The minimum atomic E-state index is -1.06. The molecule has 5 nitrogen and oxygen atoms in total. The van der Waals surface area contributed by atoms with Crippen LogP contribution in [0.5, 0.6) is 0 Å². The summed E-state index contributed by atoms with van der Waals surface area (Å²) in [6, 6.07) is 16.3. The number of rotatable bonds is 5. The second kappa shape index (κ2) is 8.79. The van der Waals surface area contributed by atoms with E-state index in [0.29, 0.717) is 0 Å². The van der Waals surface area contributed by atoms with Crippen LogP contribution in [-0.4, -0.2) is 37.4 Å². The van der Waals surface area contributed by atoms with Gasteiger partial charge >= 0.3 is 11.8 Å². The Hall–Kier alpha value is -3.32. The van der Waals surface area contributed by atoms with Crippen molar-refractivity contribution in [3.8, 4) is 0 Å². The summed E-state index contributed by atoms with van der Waals surface area (Å²) in [5, 5.41) is 6.79. The minimum Gasteiger partial charge on any atom is -0.346 e. The molecule has 0 spiro atoms. The number of carbonyl (C=O) groups excluding carboxylic acids is 2. The van der Waals surface area contributed by atoms with Gasteiger partial charge in [0, 0.05) is 12.6 Å². The fraction of sp³-hybridized carbons (Fsp3) is 0.182. The zero-order valence-corrected chi connectivity index (χ0v) is 16.1. The van der Waals surface area contributed by atoms with E-state index in [1.807, 2.05) is 61.5 Å². The van der Waals surface area contributed by atoms with E-state index in [9.17, 15) is 18.4 Å². The lowest BCUT2D eigenvalue weighted by molar-refractivity contribution is -0.136. The fourth-order valence-electron chi connectivity index (χ4n) is 3.15. The van der Waals surface area contributed by atoms with Crippen LogP contribution in [0.25, 0.3) is 10.8 Å². The van der Waals surface area contributed by atoms with Gasteiger partial charge in [0.2, 0.25) is 0 Å².